The van der Waals surface area contributed by atoms with Crippen molar-refractivity contribution in [1.82, 2.24) is 4.31 Å². The van der Waals surface area contributed by atoms with Crippen LogP contribution < -0.4 is 14.5 Å². The first-order valence-electron chi connectivity index (χ1n) is 10.3. The molecule has 9 heteroatoms. The molecular formula is C22H26ClN3O4S. The average Bonchev–Trinajstić information content (AvgIpc) is 2.74. The number of rotatable bonds is 3. The van der Waals surface area contributed by atoms with Crippen LogP contribution in [0, 0.1) is 13.8 Å². The Morgan fingerprint density at radius 2 is 1.71 bits per heavy atom. The second-order valence-electron chi connectivity index (χ2n) is 7.95. The van der Waals surface area contributed by atoms with Crippen LogP contribution in [0.1, 0.15) is 18.1 Å². The highest BCUT2D eigenvalue weighted by molar-refractivity contribution is 7.89. The number of carbonyl (C=O) groups is 1. The summed E-state index contributed by atoms with van der Waals surface area (Å²) in [5, 5.41) is 0.0902. The van der Waals surface area contributed by atoms with Crippen molar-refractivity contribution >= 4 is 38.9 Å². The fourth-order valence-corrected chi connectivity index (χ4v) is 6.05. The van der Waals surface area contributed by atoms with E-state index in [1.54, 1.807) is 4.90 Å². The van der Waals surface area contributed by atoms with Crippen molar-refractivity contribution in [3.05, 3.63) is 46.5 Å². The number of piperazine rings is 1. The quantitative estimate of drug-likeness (QED) is 0.699. The molecule has 0 radical (unpaired) electrons. The van der Waals surface area contributed by atoms with Gasteiger partial charge in [-0.05, 0) is 37.1 Å². The summed E-state index contributed by atoms with van der Waals surface area (Å²) in [6, 6.07) is 9.26. The molecule has 2 aliphatic rings. The maximum absolute atomic E-state index is 13.4. The van der Waals surface area contributed by atoms with E-state index in [1.807, 2.05) is 0 Å². The highest BCUT2D eigenvalue weighted by atomic mass is 35.5. The number of halogens is 1. The summed E-state index contributed by atoms with van der Waals surface area (Å²) in [5.41, 5.74) is 3.99. The number of carbonyl (C=O) groups excluding carboxylic acids is 1. The largest absolute Gasteiger partial charge is 0.489 e. The first kappa shape index (κ1) is 21.9. The second-order valence-corrected chi connectivity index (χ2v) is 10.3. The van der Waals surface area contributed by atoms with Gasteiger partial charge in [0.2, 0.25) is 15.9 Å². The first-order valence-corrected chi connectivity index (χ1v) is 12.1. The zero-order valence-electron chi connectivity index (χ0n) is 17.9. The molecule has 1 fully saturated rings. The van der Waals surface area contributed by atoms with E-state index >= 15 is 0 Å². The van der Waals surface area contributed by atoms with Crippen LogP contribution in [0.2, 0.25) is 5.02 Å². The van der Waals surface area contributed by atoms with Gasteiger partial charge in [0.15, 0.2) is 0 Å². The van der Waals surface area contributed by atoms with Crippen LogP contribution in [0.4, 0.5) is 11.4 Å². The van der Waals surface area contributed by atoms with Gasteiger partial charge in [-0.3, -0.25) is 4.79 Å². The summed E-state index contributed by atoms with van der Waals surface area (Å²) in [6.07, 6.45) is 0. The molecule has 0 aliphatic carbocycles. The van der Waals surface area contributed by atoms with E-state index in [0.717, 1.165) is 5.69 Å². The van der Waals surface area contributed by atoms with Crippen molar-refractivity contribution < 1.29 is 17.9 Å². The van der Waals surface area contributed by atoms with Gasteiger partial charge >= 0.3 is 0 Å². The molecule has 0 bridgehead atoms. The van der Waals surface area contributed by atoms with Crippen molar-refractivity contribution in [3.63, 3.8) is 0 Å². The van der Waals surface area contributed by atoms with Gasteiger partial charge in [-0.2, -0.15) is 4.31 Å². The van der Waals surface area contributed by atoms with E-state index in [1.165, 1.54) is 34.5 Å². The molecule has 1 saturated heterocycles. The molecule has 31 heavy (non-hydrogen) atoms. The lowest BCUT2D eigenvalue weighted by molar-refractivity contribution is -0.116. The predicted octanol–water partition coefficient (Wildman–Crippen LogP) is 3.21. The van der Waals surface area contributed by atoms with Crippen molar-refractivity contribution in [2.75, 3.05) is 49.1 Å². The van der Waals surface area contributed by atoms with E-state index < -0.39 is 10.0 Å². The van der Waals surface area contributed by atoms with Gasteiger partial charge in [-0.25, -0.2) is 8.42 Å². The summed E-state index contributed by atoms with van der Waals surface area (Å²) in [7, 11) is -3.80. The van der Waals surface area contributed by atoms with Gasteiger partial charge in [0.05, 0.1) is 17.3 Å². The lowest BCUT2D eigenvalue weighted by atomic mass is 10.1. The third-order valence-electron chi connectivity index (χ3n) is 5.82. The fourth-order valence-electron chi connectivity index (χ4n) is 4.11. The Morgan fingerprint density at radius 1 is 1.00 bits per heavy atom. The van der Waals surface area contributed by atoms with Gasteiger partial charge in [0, 0.05) is 44.9 Å². The van der Waals surface area contributed by atoms with E-state index in [4.69, 9.17) is 16.3 Å². The highest BCUT2D eigenvalue weighted by Gasteiger charge is 2.33. The molecule has 2 heterocycles. The molecule has 1 amide bonds. The summed E-state index contributed by atoms with van der Waals surface area (Å²) < 4.78 is 33.8. The van der Waals surface area contributed by atoms with Gasteiger partial charge < -0.3 is 14.5 Å². The van der Waals surface area contributed by atoms with Crippen LogP contribution in [0.3, 0.4) is 0 Å². The monoisotopic (exact) mass is 463 g/mol. The SMILES string of the molecule is CC(=O)N1CCOc2cc(S(=O)(=O)N3CCN(c4cc(C)ccc4C)CC3)c(Cl)cc21. The molecule has 7 nitrogen and oxygen atoms in total. The van der Waals surface area contributed by atoms with Crippen molar-refractivity contribution in [2.24, 2.45) is 0 Å². The van der Waals surface area contributed by atoms with Crippen LogP contribution in [-0.4, -0.2) is 58.0 Å². The van der Waals surface area contributed by atoms with Crippen LogP contribution in [0.15, 0.2) is 35.2 Å². The number of sulfonamides is 1. The third-order valence-corrected chi connectivity index (χ3v) is 8.18. The molecule has 0 spiro atoms. The first-order chi connectivity index (χ1) is 14.7. The minimum atomic E-state index is -3.80. The lowest BCUT2D eigenvalue weighted by Gasteiger charge is -2.36. The van der Waals surface area contributed by atoms with Crippen molar-refractivity contribution in [1.29, 1.82) is 0 Å². The molecule has 0 saturated carbocycles. The Kier molecular flexibility index (Phi) is 5.89. The minimum absolute atomic E-state index is 0.0125. The van der Waals surface area contributed by atoms with Gasteiger partial charge in [-0.1, -0.05) is 23.7 Å². The normalized spacial score (nSPS) is 17.3. The summed E-state index contributed by atoms with van der Waals surface area (Å²) in [5.74, 6) is 0.220. The molecule has 2 aromatic rings. The van der Waals surface area contributed by atoms with E-state index in [9.17, 15) is 13.2 Å². The second kappa shape index (κ2) is 8.33. The Bertz CT molecular complexity index is 1130. The van der Waals surface area contributed by atoms with Gasteiger partial charge in [-0.15, -0.1) is 0 Å². The molecular weight excluding hydrogens is 438 g/mol. The Balaban J connectivity index is 1.57. The number of ether oxygens (including phenoxy) is 1. The van der Waals surface area contributed by atoms with Crippen LogP contribution in [-0.2, 0) is 14.8 Å². The van der Waals surface area contributed by atoms with Crippen molar-refractivity contribution in [2.45, 2.75) is 25.7 Å². The maximum atomic E-state index is 13.4. The molecule has 166 valence electrons. The van der Waals surface area contributed by atoms with Crippen LogP contribution in [0.25, 0.3) is 0 Å². The summed E-state index contributed by atoms with van der Waals surface area (Å²) >= 11 is 6.39. The predicted molar refractivity (Wildman–Crippen MR) is 122 cm³/mol. The third kappa shape index (κ3) is 4.12. The zero-order chi connectivity index (χ0) is 22.3. The summed E-state index contributed by atoms with van der Waals surface area (Å²) in [6.45, 7) is 8.22. The number of aryl methyl sites for hydroxylation is 2. The Labute approximate surface area is 188 Å². The van der Waals surface area contributed by atoms with Gasteiger partial charge in [0.25, 0.3) is 0 Å². The lowest BCUT2D eigenvalue weighted by Crippen LogP contribution is -2.49. The maximum Gasteiger partial charge on any atom is 0.244 e. The standard InChI is InChI=1S/C22H26ClN3O4S/c1-15-4-5-16(2)19(12-15)24-6-8-25(9-7-24)31(28,29)22-14-21-20(13-18(22)23)26(17(3)27)10-11-30-21/h4-5,12-14H,6-11H2,1-3H3. The molecule has 4 rings (SSSR count). The van der Waals surface area contributed by atoms with Crippen LogP contribution >= 0.6 is 11.6 Å². The number of fused-ring (bicyclic) bond motifs is 1. The van der Waals surface area contributed by atoms with E-state index in [2.05, 4.69) is 36.9 Å². The number of nitrogens with zero attached hydrogens (tertiary/aromatic N) is 3. The number of amides is 1. The Hall–Kier alpha value is -2.29. The number of benzene rings is 2. The molecule has 0 atom stereocenters. The number of hydrogen-bond donors (Lipinski definition) is 0. The van der Waals surface area contributed by atoms with Crippen molar-refractivity contribution in [3.8, 4) is 5.75 Å². The fraction of sp³-hybridized carbons (Fsp3) is 0.409. The van der Waals surface area contributed by atoms with Gasteiger partial charge in [0.1, 0.15) is 17.3 Å². The Morgan fingerprint density at radius 3 is 2.39 bits per heavy atom. The number of anilines is 2. The minimum Gasteiger partial charge on any atom is -0.489 e. The summed E-state index contributed by atoms with van der Waals surface area (Å²) in [4.78, 5) is 15.7. The average molecular weight is 464 g/mol. The number of hydrogen-bond acceptors (Lipinski definition) is 5. The molecule has 2 aromatic carbocycles. The smallest absolute Gasteiger partial charge is 0.244 e. The molecule has 0 aromatic heterocycles. The van der Waals surface area contributed by atoms with E-state index in [-0.39, 0.29) is 15.8 Å². The topological polar surface area (TPSA) is 70.2 Å². The molecule has 0 unspecified atom stereocenters. The van der Waals surface area contributed by atoms with Crippen LogP contribution in [0.5, 0.6) is 5.75 Å². The zero-order valence-corrected chi connectivity index (χ0v) is 19.5. The van der Waals surface area contributed by atoms with E-state index in [0.29, 0.717) is 50.8 Å². The molecule has 0 N–H and O–H groups in total. The molecule has 2 aliphatic heterocycles. The highest BCUT2D eigenvalue weighted by Crippen LogP contribution is 2.39.